The Morgan fingerprint density at radius 3 is 2.92 bits per heavy atom. The third kappa shape index (κ3) is 3.55. The van der Waals surface area contributed by atoms with Crippen LogP contribution >= 0.6 is 0 Å². The fourth-order valence-electron chi connectivity index (χ4n) is 5.08. The van der Waals surface area contributed by atoms with Crippen molar-refractivity contribution in [1.29, 1.82) is 0 Å². The van der Waals surface area contributed by atoms with Gasteiger partial charge in [-0.15, -0.1) is 0 Å². The smallest absolute Gasteiger partial charge is 0.256 e. The Morgan fingerprint density at radius 1 is 1.28 bits per heavy atom. The van der Waals surface area contributed by atoms with E-state index in [-0.39, 0.29) is 5.91 Å². The van der Waals surface area contributed by atoms with E-state index in [2.05, 4.69) is 43.8 Å². The molecule has 1 unspecified atom stereocenters. The van der Waals surface area contributed by atoms with Crippen molar-refractivity contribution in [2.24, 2.45) is 13.0 Å². The van der Waals surface area contributed by atoms with Crippen LogP contribution in [0.1, 0.15) is 41.3 Å². The number of nitrogens with one attached hydrogen (secondary N) is 2. The molecule has 4 N–H and O–H groups in total. The molecule has 1 aliphatic carbocycles. The number of benzene rings is 1. The molecule has 5 aromatic rings. The van der Waals surface area contributed by atoms with Crippen molar-refractivity contribution in [3.63, 3.8) is 0 Å². The van der Waals surface area contributed by atoms with Gasteiger partial charge in [-0.3, -0.25) is 9.89 Å². The van der Waals surface area contributed by atoms with E-state index in [0.717, 1.165) is 45.2 Å². The van der Waals surface area contributed by atoms with Crippen molar-refractivity contribution in [3.05, 3.63) is 65.4 Å². The number of fused-ring (bicyclic) bond motifs is 4. The molecule has 0 bridgehead atoms. The van der Waals surface area contributed by atoms with Gasteiger partial charge in [0.25, 0.3) is 5.91 Å². The van der Waals surface area contributed by atoms with E-state index in [1.807, 2.05) is 44.4 Å². The number of carbonyl (C=O) groups is 1. The molecule has 4 aromatic heterocycles. The van der Waals surface area contributed by atoms with Crippen LogP contribution in [-0.2, 0) is 20.0 Å². The number of H-pyrrole nitrogens is 2. The number of aryl methyl sites for hydroxylation is 1. The first-order chi connectivity index (χ1) is 17.4. The summed E-state index contributed by atoms with van der Waals surface area (Å²) in [6.07, 6.45) is 8.86. The zero-order valence-corrected chi connectivity index (χ0v) is 20.5. The van der Waals surface area contributed by atoms with Crippen molar-refractivity contribution in [2.45, 2.75) is 26.8 Å². The Morgan fingerprint density at radius 2 is 2.14 bits per heavy atom. The number of allylic oxidation sites excluding steroid dienone is 1. The highest BCUT2D eigenvalue weighted by molar-refractivity contribution is 6.07. The van der Waals surface area contributed by atoms with Gasteiger partial charge in [0.15, 0.2) is 0 Å². The zero-order valence-electron chi connectivity index (χ0n) is 20.5. The number of hydrogen-bond acceptors (Lipinski definition) is 5. The Bertz CT molecular complexity index is 1640. The molecule has 1 aromatic carbocycles. The normalized spacial score (nSPS) is 15.0. The van der Waals surface area contributed by atoms with E-state index in [4.69, 9.17) is 10.7 Å². The SMILES string of the molecule is CCN(Cc1nc2c([nH]1)c(N)nc1cc(-c3ccn[nH]3)ccc12)C(=O)c1cn(C)c2c1C=CC(C)C2. The van der Waals surface area contributed by atoms with Crippen LogP contribution in [0.25, 0.3) is 39.3 Å². The molecule has 1 atom stereocenters. The number of amides is 1. The van der Waals surface area contributed by atoms with E-state index in [9.17, 15) is 4.79 Å². The minimum absolute atomic E-state index is 0.00540. The summed E-state index contributed by atoms with van der Waals surface area (Å²) >= 11 is 0. The Hall–Kier alpha value is -4.40. The average molecular weight is 481 g/mol. The lowest BCUT2D eigenvalue weighted by atomic mass is 9.94. The van der Waals surface area contributed by atoms with Gasteiger partial charge in [0.1, 0.15) is 22.7 Å². The summed E-state index contributed by atoms with van der Waals surface area (Å²) in [6, 6.07) is 7.89. The summed E-state index contributed by atoms with van der Waals surface area (Å²) in [6.45, 7) is 5.08. The first kappa shape index (κ1) is 22.1. The average Bonchev–Trinajstić information content (AvgIpc) is 3.62. The van der Waals surface area contributed by atoms with Gasteiger partial charge in [0.05, 0.1) is 23.3 Å². The van der Waals surface area contributed by atoms with Gasteiger partial charge < -0.3 is 20.2 Å². The topological polar surface area (TPSA) is 122 Å². The van der Waals surface area contributed by atoms with Crippen LogP contribution in [0.4, 0.5) is 5.82 Å². The highest BCUT2D eigenvalue weighted by atomic mass is 16.2. The largest absolute Gasteiger partial charge is 0.382 e. The molecule has 0 saturated carbocycles. The number of nitrogens with zero attached hydrogens (tertiary/aromatic N) is 5. The molecular weight excluding hydrogens is 452 g/mol. The quantitative estimate of drug-likeness (QED) is 0.346. The minimum Gasteiger partial charge on any atom is -0.382 e. The van der Waals surface area contributed by atoms with Crippen LogP contribution in [0.2, 0.25) is 0 Å². The van der Waals surface area contributed by atoms with Crippen LogP contribution in [0.5, 0.6) is 0 Å². The molecule has 1 aliphatic rings. The number of pyridine rings is 1. The molecule has 36 heavy (non-hydrogen) atoms. The number of imidazole rings is 1. The van der Waals surface area contributed by atoms with Crippen molar-refractivity contribution in [2.75, 3.05) is 12.3 Å². The summed E-state index contributed by atoms with van der Waals surface area (Å²) < 4.78 is 2.08. The molecule has 6 rings (SSSR count). The fourth-order valence-corrected chi connectivity index (χ4v) is 5.08. The predicted molar refractivity (Wildman–Crippen MR) is 141 cm³/mol. The lowest BCUT2D eigenvalue weighted by molar-refractivity contribution is 0.0748. The molecule has 0 fully saturated rings. The van der Waals surface area contributed by atoms with Crippen molar-refractivity contribution in [1.82, 2.24) is 34.6 Å². The Balaban J connectivity index is 1.34. The molecule has 4 heterocycles. The van der Waals surface area contributed by atoms with Gasteiger partial charge in [0, 0.05) is 48.2 Å². The second kappa shape index (κ2) is 8.37. The summed E-state index contributed by atoms with van der Waals surface area (Å²) in [5.41, 5.74) is 13.3. The number of carbonyl (C=O) groups excluding carboxylic acids is 1. The zero-order chi connectivity index (χ0) is 25.0. The van der Waals surface area contributed by atoms with Crippen LogP contribution < -0.4 is 5.73 Å². The summed E-state index contributed by atoms with van der Waals surface area (Å²) in [7, 11) is 2.01. The molecular formula is C27H28N8O. The maximum Gasteiger partial charge on any atom is 0.256 e. The second-order valence-electron chi connectivity index (χ2n) is 9.48. The Kier molecular flexibility index (Phi) is 5.13. The van der Waals surface area contributed by atoms with Crippen LogP contribution in [0.3, 0.4) is 0 Å². The third-order valence-electron chi connectivity index (χ3n) is 7.01. The molecule has 0 saturated heterocycles. The highest BCUT2D eigenvalue weighted by Crippen LogP contribution is 2.31. The molecule has 0 radical (unpaired) electrons. The van der Waals surface area contributed by atoms with Gasteiger partial charge >= 0.3 is 0 Å². The number of rotatable bonds is 5. The number of aromatic amines is 2. The maximum absolute atomic E-state index is 13.6. The van der Waals surface area contributed by atoms with Gasteiger partial charge in [0.2, 0.25) is 0 Å². The van der Waals surface area contributed by atoms with E-state index >= 15 is 0 Å². The van der Waals surface area contributed by atoms with Gasteiger partial charge in [-0.2, -0.15) is 5.10 Å². The van der Waals surface area contributed by atoms with Crippen molar-refractivity contribution < 1.29 is 4.79 Å². The first-order valence-corrected chi connectivity index (χ1v) is 12.2. The number of anilines is 1. The second-order valence-corrected chi connectivity index (χ2v) is 9.48. The van der Waals surface area contributed by atoms with Crippen LogP contribution in [0.15, 0.2) is 42.7 Å². The molecule has 9 heteroatoms. The number of nitrogens with two attached hydrogens (primary N) is 1. The Labute approximate surface area is 208 Å². The van der Waals surface area contributed by atoms with Gasteiger partial charge in [-0.05, 0) is 37.5 Å². The first-order valence-electron chi connectivity index (χ1n) is 12.2. The lowest BCUT2D eigenvalue weighted by Crippen LogP contribution is -2.31. The highest BCUT2D eigenvalue weighted by Gasteiger charge is 2.25. The summed E-state index contributed by atoms with van der Waals surface area (Å²) in [4.78, 5) is 28.2. The fraction of sp³-hybridized carbons (Fsp3) is 0.259. The standard InChI is InChI=1S/C27H28N8O/c1-4-35(27(36)19-13-34(3)22-11-15(2)5-7-17(19)22)14-23-31-24-18-8-6-16(20-9-10-29-33-20)12-21(18)30-26(28)25(24)32-23/h5-10,12-13,15H,4,11,14H2,1-3H3,(H2,28,30)(H,29,33)(H,31,32). The minimum atomic E-state index is -0.00540. The lowest BCUT2D eigenvalue weighted by Gasteiger charge is -2.20. The molecule has 0 spiro atoms. The number of aromatic nitrogens is 6. The van der Waals surface area contributed by atoms with E-state index in [1.54, 1.807) is 11.1 Å². The predicted octanol–water partition coefficient (Wildman–Crippen LogP) is 4.29. The van der Waals surface area contributed by atoms with E-state index in [1.165, 1.54) is 5.69 Å². The van der Waals surface area contributed by atoms with Gasteiger partial charge in [-0.25, -0.2) is 9.97 Å². The van der Waals surface area contributed by atoms with E-state index in [0.29, 0.717) is 36.2 Å². The molecule has 1 amide bonds. The summed E-state index contributed by atoms with van der Waals surface area (Å²) in [5.74, 6) is 1.52. The molecule has 0 aliphatic heterocycles. The molecule has 182 valence electrons. The van der Waals surface area contributed by atoms with Crippen molar-refractivity contribution >= 4 is 39.7 Å². The number of nitrogen functional groups attached to an aromatic ring is 1. The molecule has 9 nitrogen and oxygen atoms in total. The number of hydrogen-bond donors (Lipinski definition) is 3. The maximum atomic E-state index is 13.6. The van der Waals surface area contributed by atoms with Gasteiger partial charge in [-0.1, -0.05) is 25.1 Å². The van der Waals surface area contributed by atoms with Crippen LogP contribution in [-0.4, -0.2) is 47.1 Å². The van der Waals surface area contributed by atoms with Crippen LogP contribution in [0, 0.1) is 5.92 Å². The third-order valence-corrected chi connectivity index (χ3v) is 7.01. The van der Waals surface area contributed by atoms with Crippen molar-refractivity contribution in [3.8, 4) is 11.3 Å². The monoisotopic (exact) mass is 480 g/mol. The van der Waals surface area contributed by atoms with E-state index < -0.39 is 0 Å². The summed E-state index contributed by atoms with van der Waals surface area (Å²) in [5, 5.41) is 7.90.